The average Bonchev–Trinajstić information content (AvgIpc) is 2.92. The summed E-state index contributed by atoms with van der Waals surface area (Å²) >= 11 is 0. The topological polar surface area (TPSA) is 118 Å². The lowest BCUT2D eigenvalue weighted by molar-refractivity contribution is -0.118. The highest BCUT2D eigenvalue weighted by atomic mass is 32.2. The summed E-state index contributed by atoms with van der Waals surface area (Å²) in [6.07, 6.45) is 3.63. The van der Waals surface area contributed by atoms with Gasteiger partial charge < -0.3 is 15.5 Å². The van der Waals surface area contributed by atoms with Crippen molar-refractivity contribution in [1.29, 1.82) is 5.26 Å². The lowest BCUT2D eigenvalue weighted by Crippen LogP contribution is -2.48. The van der Waals surface area contributed by atoms with E-state index in [4.69, 9.17) is 5.26 Å². The second-order valence-corrected chi connectivity index (χ2v) is 10.9. The highest BCUT2D eigenvalue weighted by Gasteiger charge is 2.24. The minimum atomic E-state index is -3.18. The molecule has 2 N–H and O–H groups in total. The molecule has 2 aromatic carbocycles. The third-order valence-electron chi connectivity index (χ3n) is 6.31. The SMILES string of the molecule is CS(=O)(=O)N1CCN(c2ccc(NC(=O)C(NCCc3ccc(C#N)cc3)c3ccccc3)nc2)CC1. The van der Waals surface area contributed by atoms with Crippen LogP contribution in [0.3, 0.4) is 0 Å². The van der Waals surface area contributed by atoms with Crippen molar-refractivity contribution in [2.75, 3.05) is 49.2 Å². The van der Waals surface area contributed by atoms with Gasteiger partial charge in [0.05, 0.1) is 29.8 Å². The van der Waals surface area contributed by atoms with E-state index in [0.717, 1.165) is 16.8 Å². The number of aromatic nitrogens is 1. The summed E-state index contributed by atoms with van der Waals surface area (Å²) in [6, 6.07) is 22.1. The number of nitrogens with one attached hydrogen (secondary N) is 2. The molecule has 37 heavy (non-hydrogen) atoms. The standard InChI is InChI=1S/C27H30N6O3S/c1-37(35,36)33-17-15-32(16-18-33)24-11-12-25(30-20-24)31-27(34)26(23-5-3-2-4-6-23)29-14-13-21-7-9-22(19-28)10-8-21/h2-12,20,26,29H,13-18H2,1H3,(H,30,31,34). The number of nitrogens with zero attached hydrogens (tertiary/aromatic N) is 4. The Balaban J connectivity index is 1.37. The number of carbonyl (C=O) groups is 1. The first-order chi connectivity index (χ1) is 17.8. The van der Waals surface area contributed by atoms with Crippen molar-refractivity contribution in [1.82, 2.24) is 14.6 Å². The molecule has 3 aromatic rings. The van der Waals surface area contributed by atoms with Crippen LogP contribution in [0.15, 0.2) is 72.9 Å². The van der Waals surface area contributed by atoms with E-state index >= 15 is 0 Å². The molecule has 4 rings (SSSR count). The first-order valence-corrected chi connectivity index (χ1v) is 13.9. The summed E-state index contributed by atoms with van der Waals surface area (Å²) in [5, 5.41) is 15.2. The molecule has 1 aromatic heterocycles. The van der Waals surface area contributed by atoms with Crippen molar-refractivity contribution in [3.63, 3.8) is 0 Å². The summed E-state index contributed by atoms with van der Waals surface area (Å²) in [5.74, 6) is 0.228. The van der Waals surface area contributed by atoms with Crippen molar-refractivity contribution in [2.24, 2.45) is 0 Å². The number of sulfonamides is 1. The highest BCUT2D eigenvalue weighted by Crippen LogP contribution is 2.20. The monoisotopic (exact) mass is 518 g/mol. The third-order valence-corrected chi connectivity index (χ3v) is 7.62. The number of piperazine rings is 1. The smallest absolute Gasteiger partial charge is 0.247 e. The lowest BCUT2D eigenvalue weighted by atomic mass is 10.1. The van der Waals surface area contributed by atoms with E-state index in [9.17, 15) is 13.2 Å². The molecule has 2 heterocycles. The van der Waals surface area contributed by atoms with Crippen molar-refractivity contribution >= 4 is 27.4 Å². The Morgan fingerprint density at radius 1 is 1.03 bits per heavy atom. The number of pyridine rings is 1. The number of rotatable bonds is 9. The van der Waals surface area contributed by atoms with Crippen molar-refractivity contribution in [2.45, 2.75) is 12.5 Å². The van der Waals surface area contributed by atoms with Crippen LogP contribution in [0.1, 0.15) is 22.7 Å². The summed E-state index contributed by atoms with van der Waals surface area (Å²) in [5.41, 5.74) is 3.42. The van der Waals surface area contributed by atoms with Gasteiger partial charge in [0.15, 0.2) is 0 Å². The highest BCUT2D eigenvalue weighted by molar-refractivity contribution is 7.88. The molecule has 1 saturated heterocycles. The Morgan fingerprint density at radius 3 is 2.32 bits per heavy atom. The Morgan fingerprint density at radius 2 is 1.73 bits per heavy atom. The molecule has 9 nitrogen and oxygen atoms in total. The van der Waals surface area contributed by atoms with Gasteiger partial charge in [-0.25, -0.2) is 13.4 Å². The van der Waals surface area contributed by atoms with Gasteiger partial charge in [-0.05, 0) is 41.8 Å². The quantitative estimate of drug-likeness (QED) is 0.447. The van der Waals surface area contributed by atoms with Crippen LogP contribution in [0.5, 0.6) is 0 Å². The summed E-state index contributed by atoms with van der Waals surface area (Å²) < 4.78 is 24.9. The van der Waals surface area contributed by atoms with Gasteiger partial charge in [0, 0.05) is 32.7 Å². The normalized spacial score (nSPS) is 15.1. The van der Waals surface area contributed by atoms with E-state index in [-0.39, 0.29) is 5.91 Å². The first-order valence-electron chi connectivity index (χ1n) is 12.1. The molecule has 1 atom stereocenters. The fourth-order valence-electron chi connectivity index (χ4n) is 4.24. The Bertz CT molecular complexity index is 1330. The number of amides is 1. The molecule has 1 fully saturated rings. The van der Waals surface area contributed by atoms with E-state index in [1.807, 2.05) is 48.5 Å². The van der Waals surface area contributed by atoms with Crippen molar-refractivity contribution in [3.8, 4) is 6.07 Å². The molecule has 0 radical (unpaired) electrons. The molecule has 0 saturated carbocycles. The van der Waals surface area contributed by atoms with Gasteiger partial charge >= 0.3 is 0 Å². The largest absolute Gasteiger partial charge is 0.368 e. The summed E-state index contributed by atoms with van der Waals surface area (Å²) in [7, 11) is -3.18. The van der Waals surface area contributed by atoms with Crippen molar-refractivity contribution < 1.29 is 13.2 Å². The minimum absolute atomic E-state index is 0.215. The van der Waals surface area contributed by atoms with Gasteiger partial charge in [-0.2, -0.15) is 9.57 Å². The van der Waals surface area contributed by atoms with Gasteiger partial charge in [0.25, 0.3) is 0 Å². The molecule has 1 aliphatic rings. The molecule has 1 aliphatic heterocycles. The second kappa shape index (κ2) is 12.0. The molecule has 0 bridgehead atoms. The number of hydrogen-bond acceptors (Lipinski definition) is 7. The minimum Gasteiger partial charge on any atom is -0.368 e. The number of anilines is 2. The summed E-state index contributed by atoms with van der Waals surface area (Å²) in [4.78, 5) is 19.7. The third kappa shape index (κ3) is 7.13. The molecular formula is C27H30N6O3S. The number of benzene rings is 2. The van der Waals surface area contributed by atoms with E-state index in [2.05, 4.69) is 26.6 Å². The van der Waals surface area contributed by atoms with Crippen LogP contribution in [0.2, 0.25) is 0 Å². The van der Waals surface area contributed by atoms with Gasteiger partial charge in [-0.3, -0.25) is 4.79 Å². The maximum atomic E-state index is 13.2. The zero-order chi connectivity index (χ0) is 26.3. The van der Waals surface area contributed by atoms with E-state index < -0.39 is 16.1 Å². The van der Waals surface area contributed by atoms with Crippen LogP contribution in [-0.2, 0) is 21.2 Å². The molecule has 0 spiro atoms. The molecule has 192 valence electrons. The molecule has 1 unspecified atom stereocenters. The Kier molecular flexibility index (Phi) is 8.50. The van der Waals surface area contributed by atoms with Crippen molar-refractivity contribution in [3.05, 3.63) is 89.6 Å². The fourth-order valence-corrected chi connectivity index (χ4v) is 5.06. The van der Waals surface area contributed by atoms with Gasteiger partial charge in [-0.1, -0.05) is 42.5 Å². The number of nitriles is 1. The zero-order valence-electron chi connectivity index (χ0n) is 20.7. The van der Waals surface area contributed by atoms with Crippen LogP contribution in [0.25, 0.3) is 0 Å². The van der Waals surface area contributed by atoms with Gasteiger partial charge in [0.2, 0.25) is 15.9 Å². The average molecular weight is 519 g/mol. The fraction of sp³-hybridized carbons (Fsp3) is 0.296. The maximum Gasteiger partial charge on any atom is 0.247 e. The Hall–Kier alpha value is -3.78. The maximum absolute atomic E-state index is 13.2. The van der Waals surface area contributed by atoms with Gasteiger partial charge in [-0.15, -0.1) is 0 Å². The predicted molar refractivity (Wildman–Crippen MR) is 144 cm³/mol. The van der Waals surface area contributed by atoms with E-state index in [1.165, 1.54) is 10.6 Å². The molecular weight excluding hydrogens is 488 g/mol. The molecule has 1 amide bonds. The predicted octanol–water partition coefficient (Wildman–Crippen LogP) is 2.55. The zero-order valence-corrected chi connectivity index (χ0v) is 21.5. The first kappa shape index (κ1) is 26.3. The van der Waals surface area contributed by atoms with Crippen LogP contribution >= 0.6 is 0 Å². The van der Waals surface area contributed by atoms with E-state index in [1.54, 1.807) is 24.4 Å². The number of hydrogen-bond donors (Lipinski definition) is 2. The lowest BCUT2D eigenvalue weighted by Gasteiger charge is -2.34. The van der Waals surface area contributed by atoms with Crippen LogP contribution in [0.4, 0.5) is 11.5 Å². The second-order valence-electron chi connectivity index (χ2n) is 8.90. The van der Waals surface area contributed by atoms with E-state index in [0.29, 0.717) is 50.5 Å². The Labute approximate surface area is 217 Å². The van der Waals surface area contributed by atoms with Crippen LogP contribution in [-0.4, -0.2) is 62.6 Å². The van der Waals surface area contributed by atoms with Crippen LogP contribution in [0, 0.1) is 11.3 Å². The van der Waals surface area contributed by atoms with Gasteiger partial charge in [0.1, 0.15) is 11.9 Å². The van der Waals surface area contributed by atoms with Crippen LogP contribution < -0.4 is 15.5 Å². The molecule has 10 heteroatoms. The number of carbonyl (C=O) groups excluding carboxylic acids is 1. The molecule has 0 aliphatic carbocycles. The summed E-state index contributed by atoms with van der Waals surface area (Å²) in [6.45, 7) is 2.61.